The van der Waals surface area contributed by atoms with Crippen LogP contribution in [-0.2, 0) is 17.8 Å². The predicted octanol–water partition coefficient (Wildman–Crippen LogP) is 1.35. The number of anilines is 1. The van der Waals surface area contributed by atoms with E-state index in [-0.39, 0.29) is 17.5 Å². The Morgan fingerprint density at radius 3 is 2.73 bits per heavy atom. The van der Waals surface area contributed by atoms with Gasteiger partial charge in [-0.25, -0.2) is 4.79 Å². The van der Waals surface area contributed by atoms with Crippen molar-refractivity contribution in [1.29, 1.82) is 0 Å². The molecule has 3 heterocycles. The number of fused-ring (bicyclic) bond motifs is 1. The number of ether oxygens (including phenoxy) is 2. The monoisotopic (exact) mass is 455 g/mol. The highest BCUT2D eigenvalue weighted by atomic mass is 16.5. The third-order valence-electron chi connectivity index (χ3n) is 6.17. The van der Waals surface area contributed by atoms with E-state index in [2.05, 4.69) is 44.3 Å². The second kappa shape index (κ2) is 10.8. The smallest absolute Gasteiger partial charge is 0.328 e. The number of aromatic amines is 1. The van der Waals surface area contributed by atoms with Gasteiger partial charge in [-0.2, -0.15) is 9.97 Å². The molecule has 1 aliphatic heterocycles. The van der Waals surface area contributed by atoms with Crippen molar-refractivity contribution >= 4 is 17.0 Å². The first-order chi connectivity index (χ1) is 16.0. The number of hydrogen-bond acceptors (Lipinski definition) is 8. The van der Waals surface area contributed by atoms with Crippen LogP contribution in [0.1, 0.15) is 30.4 Å². The van der Waals surface area contributed by atoms with E-state index >= 15 is 0 Å². The maximum atomic E-state index is 12.6. The highest BCUT2D eigenvalue weighted by molar-refractivity contribution is 5.81. The van der Waals surface area contributed by atoms with E-state index in [0.717, 1.165) is 18.7 Å². The molecule has 33 heavy (non-hydrogen) atoms. The fourth-order valence-electron chi connectivity index (χ4n) is 4.25. The van der Waals surface area contributed by atoms with Gasteiger partial charge in [0.05, 0.1) is 13.2 Å². The van der Waals surface area contributed by atoms with Gasteiger partial charge in [-0.1, -0.05) is 24.3 Å². The van der Waals surface area contributed by atoms with Crippen LogP contribution in [0.2, 0.25) is 0 Å². The molecule has 4 N–H and O–H groups in total. The molecule has 1 unspecified atom stereocenters. The summed E-state index contributed by atoms with van der Waals surface area (Å²) in [7, 11) is 3.80. The SMILES string of the molecule is COCCOc1nc(N)c2[nH]c(=O)n(Cc3ccc(CNCCC4CCCN4C)cc3)c2n1. The summed E-state index contributed by atoms with van der Waals surface area (Å²) in [6, 6.07) is 9.08. The number of aromatic nitrogens is 4. The molecule has 1 fully saturated rings. The molecule has 0 amide bonds. The minimum absolute atomic E-state index is 0.120. The molecule has 4 rings (SSSR count). The zero-order valence-corrected chi connectivity index (χ0v) is 19.3. The quantitative estimate of drug-likeness (QED) is 0.370. The Morgan fingerprint density at radius 2 is 2.00 bits per heavy atom. The average Bonchev–Trinajstić information content (AvgIpc) is 3.36. The van der Waals surface area contributed by atoms with Gasteiger partial charge >= 0.3 is 11.7 Å². The lowest BCUT2D eigenvalue weighted by Gasteiger charge is -2.19. The Bertz CT molecular complexity index is 1110. The molecule has 1 atom stereocenters. The number of rotatable bonds is 11. The number of nitrogens with two attached hydrogens (primary N) is 1. The summed E-state index contributed by atoms with van der Waals surface area (Å²) in [4.78, 5) is 26.2. The average molecular weight is 456 g/mol. The van der Waals surface area contributed by atoms with Gasteiger partial charge in [-0.05, 0) is 50.5 Å². The second-order valence-electron chi connectivity index (χ2n) is 8.51. The highest BCUT2D eigenvalue weighted by Crippen LogP contribution is 2.19. The molecule has 0 radical (unpaired) electrons. The van der Waals surface area contributed by atoms with Crippen molar-refractivity contribution in [2.75, 3.05) is 46.2 Å². The third-order valence-corrected chi connectivity index (χ3v) is 6.17. The Kier molecular flexibility index (Phi) is 7.58. The molecule has 2 aromatic heterocycles. The molecule has 1 aromatic carbocycles. The summed E-state index contributed by atoms with van der Waals surface area (Å²) in [6.07, 6.45) is 3.79. The number of imidazole rings is 1. The molecule has 0 saturated carbocycles. The van der Waals surface area contributed by atoms with Crippen LogP contribution in [0.5, 0.6) is 6.01 Å². The van der Waals surface area contributed by atoms with E-state index in [1.165, 1.54) is 31.4 Å². The largest absolute Gasteiger partial charge is 0.461 e. The highest BCUT2D eigenvalue weighted by Gasteiger charge is 2.19. The van der Waals surface area contributed by atoms with Crippen LogP contribution in [0.15, 0.2) is 29.1 Å². The van der Waals surface area contributed by atoms with Crippen LogP contribution in [0.25, 0.3) is 11.2 Å². The Morgan fingerprint density at radius 1 is 1.21 bits per heavy atom. The van der Waals surface area contributed by atoms with Crippen molar-refractivity contribution in [1.82, 2.24) is 29.7 Å². The second-order valence-corrected chi connectivity index (χ2v) is 8.51. The van der Waals surface area contributed by atoms with Crippen LogP contribution in [0.4, 0.5) is 5.82 Å². The van der Waals surface area contributed by atoms with E-state index in [4.69, 9.17) is 15.2 Å². The third kappa shape index (κ3) is 5.70. The molecule has 0 aliphatic carbocycles. The number of nitrogen functional groups attached to an aromatic ring is 1. The van der Waals surface area contributed by atoms with E-state index in [9.17, 15) is 4.79 Å². The molecular weight excluding hydrogens is 422 g/mol. The van der Waals surface area contributed by atoms with Crippen LogP contribution in [0.3, 0.4) is 0 Å². The molecule has 3 aromatic rings. The first kappa shape index (κ1) is 23.2. The van der Waals surface area contributed by atoms with Crippen molar-refractivity contribution < 1.29 is 9.47 Å². The van der Waals surface area contributed by atoms with Crippen molar-refractivity contribution in [3.05, 3.63) is 45.9 Å². The zero-order valence-electron chi connectivity index (χ0n) is 19.3. The van der Waals surface area contributed by atoms with Crippen molar-refractivity contribution in [2.24, 2.45) is 0 Å². The lowest BCUT2D eigenvalue weighted by molar-refractivity contribution is 0.141. The lowest BCUT2D eigenvalue weighted by atomic mass is 10.1. The molecule has 178 valence electrons. The maximum absolute atomic E-state index is 12.6. The minimum atomic E-state index is -0.289. The first-order valence-electron chi connectivity index (χ1n) is 11.4. The summed E-state index contributed by atoms with van der Waals surface area (Å²) >= 11 is 0. The number of methoxy groups -OCH3 is 1. The predicted molar refractivity (Wildman–Crippen MR) is 127 cm³/mol. The zero-order chi connectivity index (χ0) is 23.2. The molecule has 0 bridgehead atoms. The van der Waals surface area contributed by atoms with Crippen molar-refractivity contribution in [2.45, 2.75) is 38.4 Å². The number of hydrogen-bond donors (Lipinski definition) is 3. The number of nitrogens with zero attached hydrogens (tertiary/aromatic N) is 4. The van der Waals surface area contributed by atoms with Crippen LogP contribution >= 0.6 is 0 Å². The summed E-state index contributed by atoms with van der Waals surface area (Å²) < 4.78 is 12.0. The fourth-order valence-corrected chi connectivity index (χ4v) is 4.25. The van der Waals surface area contributed by atoms with Gasteiger partial charge in [0.1, 0.15) is 12.1 Å². The summed E-state index contributed by atoms with van der Waals surface area (Å²) in [5, 5.41) is 3.54. The van der Waals surface area contributed by atoms with Crippen LogP contribution in [-0.4, -0.2) is 70.9 Å². The van der Waals surface area contributed by atoms with Gasteiger partial charge in [0.25, 0.3) is 0 Å². The Balaban J connectivity index is 1.38. The fraction of sp³-hybridized carbons (Fsp3) is 0.522. The van der Waals surface area contributed by atoms with Gasteiger partial charge < -0.3 is 30.4 Å². The standard InChI is InChI=1S/C23H33N7O3/c1-29-11-3-4-18(29)9-10-25-14-16-5-7-17(8-6-16)15-30-21-19(26-23(30)31)20(24)27-22(28-21)33-13-12-32-2/h5-8,18,25H,3-4,9-15H2,1-2H3,(H,26,31)(H2,24,27,28). The van der Waals surface area contributed by atoms with E-state index in [1.807, 2.05) is 12.1 Å². The van der Waals surface area contributed by atoms with Gasteiger partial charge in [0.15, 0.2) is 11.5 Å². The molecular formula is C23H33N7O3. The topological polar surface area (TPSA) is 123 Å². The maximum Gasteiger partial charge on any atom is 0.328 e. The van der Waals surface area contributed by atoms with E-state index in [1.54, 1.807) is 11.7 Å². The van der Waals surface area contributed by atoms with E-state index in [0.29, 0.717) is 37.0 Å². The number of H-pyrrole nitrogens is 1. The summed E-state index contributed by atoms with van der Waals surface area (Å²) in [6.45, 7) is 4.12. The van der Waals surface area contributed by atoms with Crippen LogP contribution < -0.4 is 21.5 Å². The van der Waals surface area contributed by atoms with Gasteiger partial charge in [0.2, 0.25) is 0 Å². The van der Waals surface area contributed by atoms with Crippen LogP contribution in [0, 0.1) is 0 Å². The lowest BCUT2D eigenvalue weighted by Crippen LogP contribution is -2.28. The van der Waals surface area contributed by atoms with Gasteiger partial charge in [-0.3, -0.25) is 4.57 Å². The molecule has 1 aliphatic rings. The molecule has 10 nitrogen and oxygen atoms in total. The first-order valence-corrected chi connectivity index (χ1v) is 11.4. The Labute approximate surface area is 193 Å². The van der Waals surface area contributed by atoms with Gasteiger partial charge in [0, 0.05) is 19.7 Å². The minimum Gasteiger partial charge on any atom is -0.461 e. The normalized spacial score (nSPS) is 16.6. The molecule has 1 saturated heterocycles. The summed E-state index contributed by atoms with van der Waals surface area (Å²) in [5.41, 5.74) is 8.75. The molecule has 0 spiro atoms. The van der Waals surface area contributed by atoms with Crippen molar-refractivity contribution in [3.8, 4) is 6.01 Å². The van der Waals surface area contributed by atoms with E-state index < -0.39 is 0 Å². The summed E-state index contributed by atoms with van der Waals surface area (Å²) in [5.74, 6) is 0.175. The van der Waals surface area contributed by atoms with Crippen molar-refractivity contribution in [3.63, 3.8) is 0 Å². The van der Waals surface area contributed by atoms with Gasteiger partial charge in [-0.15, -0.1) is 0 Å². The Hall–Kier alpha value is -2.95. The number of likely N-dealkylation sites (tertiary alicyclic amines) is 1. The molecule has 10 heteroatoms. The number of nitrogens with one attached hydrogen (secondary N) is 2. The number of benzene rings is 1.